The number of benzene rings is 1. The number of hydrogen-bond donors (Lipinski definition) is 1. The lowest BCUT2D eigenvalue weighted by molar-refractivity contribution is -0.137. The molecule has 3 rings (SSSR count). The van der Waals surface area contributed by atoms with Gasteiger partial charge in [0.15, 0.2) is 5.13 Å². The van der Waals surface area contributed by atoms with E-state index in [4.69, 9.17) is 0 Å². The minimum absolute atomic E-state index is 0.0896. The zero-order chi connectivity index (χ0) is 20.1. The van der Waals surface area contributed by atoms with E-state index in [1.54, 1.807) is 29.8 Å². The SMILES string of the molecule is CC(=O)N(c1cccc(C(F)(F)F)c1)c1nc(/C=N\Nc2ccccn2)cs1. The third-order valence-electron chi connectivity index (χ3n) is 3.49. The Bertz CT molecular complexity index is 988. The summed E-state index contributed by atoms with van der Waals surface area (Å²) in [6.07, 6.45) is -1.46. The van der Waals surface area contributed by atoms with Crippen LogP contribution in [0, 0.1) is 0 Å². The van der Waals surface area contributed by atoms with Crippen LogP contribution in [0.15, 0.2) is 59.1 Å². The molecule has 1 aromatic carbocycles. The first-order valence-electron chi connectivity index (χ1n) is 7.98. The molecular formula is C18H14F3N5OS. The Balaban J connectivity index is 1.82. The van der Waals surface area contributed by atoms with Crippen LogP contribution in [0.25, 0.3) is 0 Å². The van der Waals surface area contributed by atoms with Gasteiger partial charge in [-0.15, -0.1) is 11.3 Å². The molecule has 0 saturated carbocycles. The van der Waals surface area contributed by atoms with Crippen LogP contribution in [-0.4, -0.2) is 22.1 Å². The molecule has 28 heavy (non-hydrogen) atoms. The summed E-state index contributed by atoms with van der Waals surface area (Å²) in [6, 6.07) is 9.84. The van der Waals surface area contributed by atoms with Crippen molar-refractivity contribution in [2.75, 3.05) is 10.3 Å². The maximum Gasteiger partial charge on any atom is 0.416 e. The minimum Gasteiger partial charge on any atom is -0.274 e. The average Bonchev–Trinajstić information content (AvgIpc) is 3.10. The molecule has 0 aliphatic rings. The first-order chi connectivity index (χ1) is 13.3. The molecule has 0 aliphatic carbocycles. The fourth-order valence-corrected chi connectivity index (χ4v) is 3.12. The van der Waals surface area contributed by atoms with Crippen LogP contribution in [0.5, 0.6) is 0 Å². The molecule has 144 valence electrons. The third kappa shape index (κ3) is 4.71. The number of halogens is 3. The zero-order valence-corrected chi connectivity index (χ0v) is 15.3. The number of carbonyl (C=O) groups excluding carboxylic acids is 1. The van der Waals surface area contributed by atoms with E-state index in [0.717, 1.165) is 28.4 Å². The van der Waals surface area contributed by atoms with Crippen LogP contribution < -0.4 is 10.3 Å². The number of aromatic nitrogens is 2. The summed E-state index contributed by atoms with van der Waals surface area (Å²) in [6.45, 7) is 1.26. The summed E-state index contributed by atoms with van der Waals surface area (Å²) in [5.41, 5.74) is 2.42. The fourth-order valence-electron chi connectivity index (χ4n) is 2.28. The van der Waals surface area contributed by atoms with Gasteiger partial charge in [0.2, 0.25) is 5.91 Å². The molecule has 0 unspecified atom stereocenters. The van der Waals surface area contributed by atoms with Gasteiger partial charge in [-0.3, -0.25) is 15.1 Å². The maximum atomic E-state index is 13.0. The van der Waals surface area contributed by atoms with Gasteiger partial charge >= 0.3 is 6.18 Å². The molecule has 0 bridgehead atoms. The van der Waals surface area contributed by atoms with E-state index in [9.17, 15) is 18.0 Å². The van der Waals surface area contributed by atoms with Crippen LogP contribution >= 0.6 is 11.3 Å². The van der Waals surface area contributed by atoms with Crippen LogP contribution in [0.3, 0.4) is 0 Å². The molecule has 2 heterocycles. The lowest BCUT2D eigenvalue weighted by Gasteiger charge is -2.19. The molecule has 0 spiro atoms. The van der Waals surface area contributed by atoms with Gasteiger partial charge in [-0.2, -0.15) is 18.3 Å². The average molecular weight is 405 g/mol. The van der Waals surface area contributed by atoms with Gasteiger partial charge in [0.05, 0.1) is 23.2 Å². The number of pyridine rings is 1. The second-order valence-corrected chi connectivity index (χ2v) is 6.38. The minimum atomic E-state index is -4.50. The summed E-state index contributed by atoms with van der Waals surface area (Å²) in [4.78, 5) is 21.5. The van der Waals surface area contributed by atoms with E-state index in [-0.39, 0.29) is 10.8 Å². The Labute approximate surface area is 162 Å². The predicted molar refractivity (Wildman–Crippen MR) is 102 cm³/mol. The third-order valence-corrected chi connectivity index (χ3v) is 4.33. The monoisotopic (exact) mass is 405 g/mol. The summed E-state index contributed by atoms with van der Waals surface area (Å²) >= 11 is 1.12. The lowest BCUT2D eigenvalue weighted by Crippen LogP contribution is -2.23. The van der Waals surface area contributed by atoms with Gasteiger partial charge in [0.25, 0.3) is 0 Å². The van der Waals surface area contributed by atoms with Crippen molar-refractivity contribution in [3.63, 3.8) is 0 Å². The predicted octanol–water partition coefficient (Wildman–Crippen LogP) is 4.69. The number of rotatable bonds is 5. The van der Waals surface area contributed by atoms with Gasteiger partial charge in [-0.05, 0) is 30.3 Å². The van der Waals surface area contributed by atoms with Crippen LogP contribution in [0.4, 0.5) is 29.8 Å². The number of carbonyl (C=O) groups is 1. The Morgan fingerprint density at radius 3 is 2.75 bits per heavy atom. The number of anilines is 3. The van der Waals surface area contributed by atoms with Gasteiger partial charge in [0.1, 0.15) is 5.82 Å². The van der Waals surface area contributed by atoms with Crippen LogP contribution in [0.2, 0.25) is 0 Å². The molecule has 3 aromatic rings. The smallest absolute Gasteiger partial charge is 0.274 e. The molecule has 0 radical (unpaired) electrons. The quantitative estimate of drug-likeness (QED) is 0.494. The topological polar surface area (TPSA) is 70.5 Å². The number of nitrogens with zero attached hydrogens (tertiary/aromatic N) is 4. The highest BCUT2D eigenvalue weighted by Crippen LogP contribution is 2.34. The Morgan fingerprint density at radius 1 is 1.25 bits per heavy atom. The van der Waals surface area contributed by atoms with Gasteiger partial charge < -0.3 is 0 Å². The molecule has 0 fully saturated rings. The molecule has 0 atom stereocenters. The van der Waals surface area contributed by atoms with Crippen molar-refractivity contribution in [3.8, 4) is 0 Å². The normalized spacial score (nSPS) is 11.6. The van der Waals surface area contributed by atoms with E-state index < -0.39 is 17.6 Å². The second kappa shape index (κ2) is 8.17. The molecule has 10 heteroatoms. The van der Waals surface area contributed by atoms with E-state index in [2.05, 4.69) is 20.5 Å². The van der Waals surface area contributed by atoms with Gasteiger partial charge in [-0.25, -0.2) is 9.97 Å². The van der Waals surface area contributed by atoms with Crippen LogP contribution in [-0.2, 0) is 11.0 Å². The number of alkyl halides is 3. The fraction of sp³-hybridized carbons (Fsp3) is 0.111. The first kappa shape index (κ1) is 19.5. The van der Waals surface area contributed by atoms with E-state index >= 15 is 0 Å². The van der Waals surface area contributed by atoms with E-state index in [0.29, 0.717) is 11.5 Å². The second-order valence-electron chi connectivity index (χ2n) is 5.54. The van der Waals surface area contributed by atoms with Crippen LogP contribution in [0.1, 0.15) is 18.2 Å². The molecule has 2 aromatic heterocycles. The van der Waals surface area contributed by atoms with Gasteiger partial charge in [0, 0.05) is 18.5 Å². The number of hydrogen-bond acceptors (Lipinski definition) is 6. The Hall–Kier alpha value is -3.27. The molecule has 0 saturated heterocycles. The summed E-state index contributed by atoms with van der Waals surface area (Å²) in [7, 11) is 0. The highest BCUT2D eigenvalue weighted by molar-refractivity contribution is 7.14. The number of amides is 1. The largest absolute Gasteiger partial charge is 0.416 e. The summed E-state index contributed by atoms with van der Waals surface area (Å²) in [5, 5.41) is 5.89. The Kier molecular flexibility index (Phi) is 5.69. The molecule has 6 nitrogen and oxygen atoms in total. The lowest BCUT2D eigenvalue weighted by atomic mass is 10.2. The van der Waals surface area contributed by atoms with E-state index in [1.165, 1.54) is 25.3 Å². The summed E-state index contributed by atoms with van der Waals surface area (Å²) < 4.78 is 38.9. The maximum absolute atomic E-state index is 13.0. The van der Waals surface area contributed by atoms with Crippen molar-refractivity contribution in [3.05, 3.63) is 65.3 Å². The zero-order valence-electron chi connectivity index (χ0n) is 14.5. The van der Waals surface area contributed by atoms with Crippen molar-refractivity contribution >= 4 is 40.1 Å². The van der Waals surface area contributed by atoms with Crippen molar-refractivity contribution in [1.29, 1.82) is 0 Å². The summed E-state index contributed by atoms with van der Waals surface area (Å²) in [5.74, 6) is 0.0901. The highest BCUT2D eigenvalue weighted by Gasteiger charge is 2.31. The highest BCUT2D eigenvalue weighted by atomic mass is 32.1. The van der Waals surface area contributed by atoms with Crippen molar-refractivity contribution < 1.29 is 18.0 Å². The standard InChI is InChI=1S/C18H14F3N5OS/c1-12(27)26(15-6-4-5-13(9-15)18(19,20)21)17-24-14(11-28-17)10-23-25-16-7-2-3-8-22-16/h2-11H,1H3,(H,22,25)/b23-10-. The first-order valence-corrected chi connectivity index (χ1v) is 8.86. The number of nitrogens with one attached hydrogen (secondary N) is 1. The number of hydrazone groups is 1. The molecule has 1 N–H and O–H groups in total. The number of thiazole rings is 1. The molecule has 1 amide bonds. The molecular weight excluding hydrogens is 391 g/mol. The van der Waals surface area contributed by atoms with Crippen molar-refractivity contribution in [1.82, 2.24) is 9.97 Å². The van der Waals surface area contributed by atoms with Gasteiger partial charge in [-0.1, -0.05) is 12.1 Å². The van der Waals surface area contributed by atoms with Crippen molar-refractivity contribution in [2.24, 2.45) is 5.10 Å². The van der Waals surface area contributed by atoms with E-state index in [1.807, 2.05) is 0 Å². The molecule has 0 aliphatic heterocycles. The van der Waals surface area contributed by atoms with Crippen molar-refractivity contribution in [2.45, 2.75) is 13.1 Å². The Morgan fingerprint density at radius 2 is 2.07 bits per heavy atom.